The Bertz CT molecular complexity index is 108. The first-order valence-corrected chi connectivity index (χ1v) is 4.56. The highest BCUT2D eigenvalue weighted by atomic mass is 19.1. The monoisotopic (exact) mass is 159 g/mol. The molecule has 0 radical (unpaired) electrons. The maximum absolute atomic E-state index is 13.4. The van der Waals surface area contributed by atoms with Crippen molar-refractivity contribution in [2.24, 2.45) is 11.8 Å². The molecule has 1 saturated heterocycles. The zero-order chi connectivity index (χ0) is 8.27. The summed E-state index contributed by atoms with van der Waals surface area (Å²) < 4.78 is 13.4. The topological polar surface area (TPSA) is 12.0 Å². The van der Waals surface area contributed by atoms with Gasteiger partial charge in [0.1, 0.15) is 6.17 Å². The molecule has 1 N–H and O–H groups in total. The average Bonchev–Trinajstić information content (AvgIpc) is 2.05. The molecule has 0 amide bonds. The molecule has 1 atom stereocenters. The van der Waals surface area contributed by atoms with E-state index in [4.69, 9.17) is 0 Å². The molecule has 0 bridgehead atoms. The molecule has 0 aromatic heterocycles. The van der Waals surface area contributed by atoms with Gasteiger partial charge >= 0.3 is 0 Å². The summed E-state index contributed by atoms with van der Waals surface area (Å²) in [6, 6.07) is 0. The van der Waals surface area contributed by atoms with Crippen LogP contribution in [0.2, 0.25) is 0 Å². The van der Waals surface area contributed by atoms with Crippen LogP contribution in [0.5, 0.6) is 0 Å². The van der Waals surface area contributed by atoms with Gasteiger partial charge in [-0.05, 0) is 37.8 Å². The Labute approximate surface area is 68.4 Å². The fraction of sp³-hybridized carbons (Fsp3) is 1.00. The molecule has 66 valence electrons. The number of alkyl halides is 1. The van der Waals surface area contributed by atoms with Crippen molar-refractivity contribution in [1.82, 2.24) is 5.32 Å². The van der Waals surface area contributed by atoms with E-state index < -0.39 is 6.17 Å². The molecule has 1 unspecified atom stereocenters. The summed E-state index contributed by atoms with van der Waals surface area (Å²) in [4.78, 5) is 0. The van der Waals surface area contributed by atoms with E-state index in [0.717, 1.165) is 25.9 Å². The van der Waals surface area contributed by atoms with Crippen LogP contribution in [0.15, 0.2) is 0 Å². The molecule has 0 aliphatic carbocycles. The van der Waals surface area contributed by atoms with Crippen molar-refractivity contribution in [1.29, 1.82) is 0 Å². The summed E-state index contributed by atoms with van der Waals surface area (Å²) in [5, 5.41) is 3.24. The quantitative estimate of drug-likeness (QED) is 0.649. The Morgan fingerprint density at radius 2 is 1.82 bits per heavy atom. The highest BCUT2D eigenvalue weighted by Gasteiger charge is 2.25. The summed E-state index contributed by atoms with van der Waals surface area (Å²) in [6.45, 7) is 5.93. The Kier molecular flexibility index (Phi) is 3.31. The van der Waals surface area contributed by atoms with Crippen molar-refractivity contribution >= 4 is 0 Å². The molecular weight excluding hydrogens is 141 g/mol. The molecule has 1 aliphatic heterocycles. The standard InChI is InChI=1S/C9H18FN/c1-7(2)9(10)8-3-5-11-6-4-8/h7-9,11H,3-6H2,1-2H3. The van der Waals surface area contributed by atoms with E-state index in [0.29, 0.717) is 5.92 Å². The van der Waals surface area contributed by atoms with E-state index in [9.17, 15) is 4.39 Å². The molecule has 0 aromatic carbocycles. The van der Waals surface area contributed by atoms with Crippen LogP contribution in [-0.4, -0.2) is 19.3 Å². The molecule has 1 aliphatic rings. The van der Waals surface area contributed by atoms with E-state index in [1.807, 2.05) is 13.8 Å². The smallest absolute Gasteiger partial charge is 0.105 e. The molecule has 1 nitrogen and oxygen atoms in total. The van der Waals surface area contributed by atoms with Crippen molar-refractivity contribution < 1.29 is 4.39 Å². The van der Waals surface area contributed by atoms with Gasteiger partial charge in [0.25, 0.3) is 0 Å². The van der Waals surface area contributed by atoms with Crippen molar-refractivity contribution in [2.75, 3.05) is 13.1 Å². The zero-order valence-corrected chi connectivity index (χ0v) is 7.44. The van der Waals surface area contributed by atoms with Crippen LogP contribution < -0.4 is 5.32 Å². The maximum atomic E-state index is 13.4. The number of halogens is 1. The van der Waals surface area contributed by atoms with Gasteiger partial charge in [-0.25, -0.2) is 4.39 Å². The molecule has 0 saturated carbocycles. The van der Waals surface area contributed by atoms with Crippen LogP contribution in [0.3, 0.4) is 0 Å². The average molecular weight is 159 g/mol. The lowest BCUT2D eigenvalue weighted by Gasteiger charge is -2.27. The molecule has 1 fully saturated rings. The summed E-state index contributed by atoms with van der Waals surface area (Å²) in [6.07, 6.45) is 1.44. The first-order valence-electron chi connectivity index (χ1n) is 4.56. The van der Waals surface area contributed by atoms with Gasteiger partial charge in [0.05, 0.1) is 0 Å². The Balaban J connectivity index is 2.32. The van der Waals surface area contributed by atoms with Crippen LogP contribution in [0, 0.1) is 11.8 Å². The maximum Gasteiger partial charge on any atom is 0.105 e. The molecular formula is C9H18FN. The van der Waals surface area contributed by atoms with Crippen LogP contribution >= 0.6 is 0 Å². The third kappa shape index (κ3) is 2.44. The number of hydrogen-bond acceptors (Lipinski definition) is 1. The number of rotatable bonds is 2. The van der Waals surface area contributed by atoms with E-state index in [1.54, 1.807) is 0 Å². The second-order valence-corrected chi connectivity index (χ2v) is 3.78. The minimum atomic E-state index is -0.586. The first-order chi connectivity index (χ1) is 5.22. The lowest BCUT2D eigenvalue weighted by atomic mass is 9.87. The van der Waals surface area contributed by atoms with Crippen molar-refractivity contribution in [3.05, 3.63) is 0 Å². The second kappa shape index (κ2) is 4.05. The van der Waals surface area contributed by atoms with E-state index >= 15 is 0 Å². The van der Waals surface area contributed by atoms with Gasteiger partial charge in [0.2, 0.25) is 0 Å². The van der Waals surface area contributed by atoms with Gasteiger partial charge in [0, 0.05) is 0 Å². The molecule has 1 rings (SSSR count). The normalized spacial score (nSPS) is 24.0. The second-order valence-electron chi connectivity index (χ2n) is 3.78. The SMILES string of the molecule is CC(C)C(F)C1CCNCC1. The molecule has 2 heteroatoms. The highest BCUT2D eigenvalue weighted by molar-refractivity contribution is 4.77. The Hall–Kier alpha value is -0.110. The van der Waals surface area contributed by atoms with Crippen LogP contribution in [0.25, 0.3) is 0 Å². The largest absolute Gasteiger partial charge is 0.317 e. The van der Waals surface area contributed by atoms with Gasteiger partial charge in [0.15, 0.2) is 0 Å². The molecule has 1 heterocycles. The van der Waals surface area contributed by atoms with Crippen molar-refractivity contribution in [3.63, 3.8) is 0 Å². The third-order valence-corrected chi connectivity index (χ3v) is 2.47. The molecule has 11 heavy (non-hydrogen) atoms. The fourth-order valence-corrected chi connectivity index (χ4v) is 1.71. The Morgan fingerprint density at radius 3 is 2.27 bits per heavy atom. The highest BCUT2D eigenvalue weighted by Crippen LogP contribution is 2.24. The predicted molar refractivity (Wildman–Crippen MR) is 45.3 cm³/mol. The van der Waals surface area contributed by atoms with Crippen LogP contribution in [-0.2, 0) is 0 Å². The predicted octanol–water partition coefficient (Wildman–Crippen LogP) is 1.98. The lowest BCUT2D eigenvalue weighted by molar-refractivity contribution is 0.140. The first kappa shape index (κ1) is 8.98. The number of piperidine rings is 1. The third-order valence-electron chi connectivity index (χ3n) is 2.47. The van der Waals surface area contributed by atoms with E-state index in [2.05, 4.69) is 5.32 Å². The molecule has 0 spiro atoms. The van der Waals surface area contributed by atoms with Crippen molar-refractivity contribution in [2.45, 2.75) is 32.9 Å². The summed E-state index contributed by atoms with van der Waals surface area (Å²) in [5.41, 5.74) is 0. The van der Waals surface area contributed by atoms with E-state index in [1.165, 1.54) is 0 Å². The van der Waals surface area contributed by atoms with Gasteiger partial charge in [-0.1, -0.05) is 13.8 Å². The summed E-state index contributed by atoms with van der Waals surface area (Å²) in [7, 11) is 0. The van der Waals surface area contributed by atoms with Crippen LogP contribution in [0.4, 0.5) is 4.39 Å². The summed E-state index contributed by atoms with van der Waals surface area (Å²) in [5.74, 6) is 0.509. The van der Waals surface area contributed by atoms with Gasteiger partial charge in [-0.15, -0.1) is 0 Å². The minimum absolute atomic E-state index is 0.193. The van der Waals surface area contributed by atoms with Crippen LogP contribution in [0.1, 0.15) is 26.7 Å². The number of hydrogen-bond donors (Lipinski definition) is 1. The van der Waals surface area contributed by atoms with E-state index in [-0.39, 0.29) is 5.92 Å². The number of nitrogens with one attached hydrogen (secondary N) is 1. The summed E-state index contributed by atoms with van der Waals surface area (Å²) >= 11 is 0. The fourth-order valence-electron chi connectivity index (χ4n) is 1.71. The zero-order valence-electron chi connectivity index (χ0n) is 7.44. The van der Waals surface area contributed by atoms with Gasteiger partial charge in [-0.3, -0.25) is 0 Å². The minimum Gasteiger partial charge on any atom is -0.317 e. The Morgan fingerprint density at radius 1 is 1.27 bits per heavy atom. The molecule has 0 aromatic rings. The van der Waals surface area contributed by atoms with Gasteiger partial charge < -0.3 is 5.32 Å². The lowest BCUT2D eigenvalue weighted by Crippen LogP contribution is -2.34. The van der Waals surface area contributed by atoms with Crippen molar-refractivity contribution in [3.8, 4) is 0 Å². The van der Waals surface area contributed by atoms with Gasteiger partial charge in [-0.2, -0.15) is 0 Å².